The molecule has 16 heavy (non-hydrogen) atoms. The molecule has 0 aliphatic rings. The van der Waals surface area contributed by atoms with Gasteiger partial charge in [0.05, 0.1) is 0 Å². The zero-order valence-electron chi connectivity index (χ0n) is 10.9. The number of nitrogens with zero attached hydrogens (tertiary/aromatic N) is 2. The average molecular weight is 223 g/mol. The van der Waals surface area contributed by atoms with E-state index in [1.807, 2.05) is 6.20 Å². The molecule has 2 N–H and O–H groups in total. The number of aryl methyl sites for hydroxylation is 2. The summed E-state index contributed by atoms with van der Waals surface area (Å²) in [6.45, 7) is 8.48. The van der Waals surface area contributed by atoms with Gasteiger partial charge in [-0.3, -0.25) is 0 Å². The highest BCUT2D eigenvalue weighted by atomic mass is 15.1. The molecule has 3 heteroatoms. The van der Waals surface area contributed by atoms with Crippen molar-refractivity contribution < 1.29 is 0 Å². The number of hydrogen-bond acceptors (Lipinski definition) is 2. The van der Waals surface area contributed by atoms with Crippen molar-refractivity contribution in [2.45, 2.75) is 53.0 Å². The molecule has 0 aliphatic heterocycles. The zero-order chi connectivity index (χ0) is 12.0. The van der Waals surface area contributed by atoms with Crippen LogP contribution >= 0.6 is 0 Å². The first-order chi connectivity index (χ1) is 7.59. The largest absolute Gasteiger partial charge is 0.335 e. The Morgan fingerprint density at radius 2 is 2.19 bits per heavy atom. The summed E-state index contributed by atoms with van der Waals surface area (Å²) >= 11 is 0. The molecule has 0 aromatic carbocycles. The van der Waals surface area contributed by atoms with Crippen molar-refractivity contribution in [3.05, 3.63) is 18.2 Å². The van der Waals surface area contributed by atoms with Gasteiger partial charge in [-0.05, 0) is 31.2 Å². The molecule has 1 aromatic heterocycles. The van der Waals surface area contributed by atoms with Crippen molar-refractivity contribution in [1.82, 2.24) is 9.55 Å². The smallest absolute Gasteiger partial charge is 0.108 e. The lowest BCUT2D eigenvalue weighted by Gasteiger charge is -2.22. The minimum Gasteiger partial charge on any atom is -0.335 e. The summed E-state index contributed by atoms with van der Waals surface area (Å²) in [5, 5.41) is 0. The highest BCUT2D eigenvalue weighted by molar-refractivity contribution is 4.92. The Balaban J connectivity index is 2.39. The number of hydrogen-bond donors (Lipinski definition) is 1. The van der Waals surface area contributed by atoms with Crippen molar-refractivity contribution in [1.29, 1.82) is 0 Å². The van der Waals surface area contributed by atoms with Crippen LogP contribution in [0.2, 0.25) is 0 Å². The summed E-state index contributed by atoms with van der Waals surface area (Å²) in [6.07, 6.45) is 8.57. The van der Waals surface area contributed by atoms with E-state index in [4.69, 9.17) is 5.73 Å². The van der Waals surface area contributed by atoms with Crippen molar-refractivity contribution in [2.24, 2.45) is 11.1 Å². The average Bonchev–Trinajstić information content (AvgIpc) is 2.66. The van der Waals surface area contributed by atoms with Crippen LogP contribution in [0.15, 0.2) is 12.4 Å². The van der Waals surface area contributed by atoms with Gasteiger partial charge >= 0.3 is 0 Å². The quantitative estimate of drug-likeness (QED) is 0.772. The predicted octanol–water partition coefficient (Wildman–Crippen LogP) is 2.60. The summed E-state index contributed by atoms with van der Waals surface area (Å²) in [7, 11) is 0. The molecule has 0 unspecified atom stereocenters. The first-order valence-electron chi connectivity index (χ1n) is 6.29. The number of rotatable bonds is 7. The fourth-order valence-corrected chi connectivity index (χ4v) is 1.83. The standard InChI is InChI=1S/C13H25N3/c1-4-6-12-15-8-10-16(12)9-5-7-13(2,3)11-14/h8,10H,4-7,9,11,14H2,1-3H3. The first kappa shape index (κ1) is 13.2. The maximum absolute atomic E-state index is 5.72. The molecule has 0 saturated carbocycles. The second-order valence-electron chi connectivity index (χ2n) is 5.26. The minimum absolute atomic E-state index is 0.269. The maximum atomic E-state index is 5.72. The molecule has 0 fully saturated rings. The van der Waals surface area contributed by atoms with E-state index in [-0.39, 0.29) is 5.41 Å². The first-order valence-corrected chi connectivity index (χ1v) is 6.29. The summed E-state index contributed by atoms with van der Waals surface area (Å²) in [4.78, 5) is 4.38. The van der Waals surface area contributed by atoms with E-state index >= 15 is 0 Å². The van der Waals surface area contributed by atoms with E-state index < -0.39 is 0 Å². The monoisotopic (exact) mass is 223 g/mol. The lowest BCUT2D eigenvalue weighted by atomic mass is 9.88. The van der Waals surface area contributed by atoms with Crippen molar-refractivity contribution in [3.8, 4) is 0 Å². The lowest BCUT2D eigenvalue weighted by molar-refractivity contribution is 0.326. The van der Waals surface area contributed by atoms with E-state index in [1.165, 1.54) is 18.7 Å². The molecule has 0 amide bonds. The summed E-state index contributed by atoms with van der Waals surface area (Å²) in [6, 6.07) is 0. The van der Waals surface area contributed by atoms with Crippen LogP contribution in [0.5, 0.6) is 0 Å². The van der Waals surface area contributed by atoms with Gasteiger partial charge in [0.25, 0.3) is 0 Å². The number of imidazole rings is 1. The highest BCUT2D eigenvalue weighted by Gasteiger charge is 2.14. The van der Waals surface area contributed by atoms with Gasteiger partial charge in [-0.1, -0.05) is 20.8 Å². The number of nitrogens with two attached hydrogens (primary N) is 1. The second kappa shape index (κ2) is 6.04. The molecule has 0 bridgehead atoms. The van der Waals surface area contributed by atoms with Crippen molar-refractivity contribution in [3.63, 3.8) is 0 Å². The van der Waals surface area contributed by atoms with E-state index in [0.717, 1.165) is 25.9 Å². The summed E-state index contributed by atoms with van der Waals surface area (Å²) < 4.78 is 2.27. The maximum Gasteiger partial charge on any atom is 0.108 e. The Labute approximate surface area is 99.1 Å². The predicted molar refractivity (Wildman–Crippen MR) is 68.3 cm³/mol. The van der Waals surface area contributed by atoms with E-state index in [0.29, 0.717) is 0 Å². The van der Waals surface area contributed by atoms with Gasteiger partial charge in [0.1, 0.15) is 5.82 Å². The normalized spacial score (nSPS) is 12.0. The molecular formula is C13H25N3. The fraction of sp³-hybridized carbons (Fsp3) is 0.769. The third-order valence-corrected chi connectivity index (χ3v) is 3.08. The van der Waals surface area contributed by atoms with Crippen LogP contribution in [0.4, 0.5) is 0 Å². The van der Waals surface area contributed by atoms with E-state index in [2.05, 4.69) is 36.5 Å². The highest BCUT2D eigenvalue weighted by Crippen LogP contribution is 2.20. The molecule has 3 nitrogen and oxygen atoms in total. The van der Waals surface area contributed by atoms with Gasteiger partial charge in [-0.2, -0.15) is 0 Å². The Kier molecular flexibility index (Phi) is 5.00. The second-order valence-corrected chi connectivity index (χ2v) is 5.26. The lowest BCUT2D eigenvalue weighted by Crippen LogP contribution is -2.23. The van der Waals surface area contributed by atoms with Crippen LogP contribution < -0.4 is 5.73 Å². The molecule has 0 atom stereocenters. The molecule has 1 heterocycles. The molecule has 1 aromatic rings. The van der Waals surface area contributed by atoms with Crippen molar-refractivity contribution in [2.75, 3.05) is 6.54 Å². The molecule has 0 spiro atoms. The van der Waals surface area contributed by atoms with Gasteiger partial charge in [-0.15, -0.1) is 0 Å². The van der Waals surface area contributed by atoms with Crippen LogP contribution in [0, 0.1) is 5.41 Å². The van der Waals surface area contributed by atoms with E-state index in [1.54, 1.807) is 0 Å². The van der Waals surface area contributed by atoms with Gasteiger partial charge in [0.2, 0.25) is 0 Å². The van der Waals surface area contributed by atoms with Crippen molar-refractivity contribution >= 4 is 0 Å². The molecule has 0 radical (unpaired) electrons. The Bertz CT molecular complexity index is 302. The van der Waals surface area contributed by atoms with Gasteiger partial charge < -0.3 is 10.3 Å². The van der Waals surface area contributed by atoms with Gasteiger partial charge in [-0.25, -0.2) is 4.98 Å². The molecule has 92 valence electrons. The van der Waals surface area contributed by atoms with Gasteiger partial charge in [0.15, 0.2) is 0 Å². The molecule has 0 aliphatic carbocycles. The Morgan fingerprint density at radius 1 is 1.44 bits per heavy atom. The number of aromatic nitrogens is 2. The summed E-state index contributed by atoms with van der Waals surface area (Å²) in [5.74, 6) is 1.22. The van der Waals surface area contributed by atoms with Crippen LogP contribution in [0.3, 0.4) is 0 Å². The molecule has 0 saturated heterocycles. The van der Waals surface area contributed by atoms with Gasteiger partial charge in [0, 0.05) is 25.4 Å². The third-order valence-electron chi connectivity index (χ3n) is 3.08. The van der Waals surface area contributed by atoms with Crippen LogP contribution in [-0.2, 0) is 13.0 Å². The molecule has 1 rings (SSSR count). The Hall–Kier alpha value is -0.830. The topological polar surface area (TPSA) is 43.8 Å². The van der Waals surface area contributed by atoms with Crippen LogP contribution in [0.25, 0.3) is 0 Å². The zero-order valence-corrected chi connectivity index (χ0v) is 10.9. The SMILES string of the molecule is CCCc1nccn1CCCC(C)(C)CN. The fourth-order valence-electron chi connectivity index (χ4n) is 1.83. The minimum atomic E-state index is 0.269. The molecular weight excluding hydrogens is 198 g/mol. The van der Waals surface area contributed by atoms with E-state index in [9.17, 15) is 0 Å². The van der Waals surface area contributed by atoms with Crippen LogP contribution in [-0.4, -0.2) is 16.1 Å². The van der Waals surface area contributed by atoms with Crippen LogP contribution in [0.1, 0.15) is 45.9 Å². The third kappa shape index (κ3) is 3.97. The summed E-state index contributed by atoms with van der Waals surface area (Å²) in [5.41, 5.74) is 5.99. The Morgan fingerprint density at radius 3 is 2.81 bits per heavy atom.